The van der Waals surface area contributed by atoms with Crippen molar-refractivity contribution >= 4 is 34.2 Å². The first-order chi connectivity index (χ1) is 11.9. The second-order valence-electron chi connectivity index (χ2n) is 8.14. The molecule has 132 valence electrons. The third-order valence-corrected chi connectivity index (χ3v) is 6.77. The van der Waals surface area contributed by atoms with Crippen molar-refractivity contribution < 1.29 is 9.90 Å². The zero-order chi connectivity index (χ0) is 17.3. The van der Waals surface area contributed by atoms with E-state index in [9.17, 15) is 9.90 Å². The molecule has 7 heteroatoms. The number of H-pyrrole nitrogens is 1. The van der Waals surface area contributed by atoms with Gasteiger partial charge in [-0.05, 0) is 49.9 Å². The van der Waals surface area contributed by atoms with E-state index in [1.54, 1.807) is 6.20 Å². The molecule has 2 aromatic rings. The molecule has 0 aromatic carbocycles. The highest BCUT2D eigenvalue weighted by molar-refractivity contribution is 6.37. The lowest BCUT2D eigenvalue weighted by Crippen LogP contribution is -2.59. The van der Waals surface area contributed by atoms with Crippen molar-refractivity contribution in [3.8, 4) is 0 Å². The van der Waals surface area contributed by atoms with Crippen LogP contribution in [0.5, 0.6) is 0 Å². The fourth-order valence-corrected chi connectivity index (χ4v) is 6.02. The van der Waals surface area contributed by atoms with Crippen LogP contribution >= 0.6 is 11.6 Å². The van der Waals surface area contributed by atoms with Gasteiger partial charge < -0.3 is 21.1 Å². The van der Waals surface area contributed by atoms with Gasteiger partial charge in [0.1, 0.15) is 5.65 Å². The van der Waals surface area contributed by atoms with E-state index in [0.717, 1.165) is 32.1 Å². The van der Waals surface area contributed by atoms with E-state index in [1.165, 1.54) is 6.20 Å². The van der Waals surface area contributed by atoms with Gasteiger partial charge in [-0.1, -0.05) is 11.6 Å². The van der Waals surface area contributed by atoms with Gasteiger partial charge in [-0.3, -0.25) is 4.79 Å². The fourth-order valence-electron chi connectivity index (χ4n) is 5.78. The summed E-state index contributed by atoms with van der Waals surface area (Å²) in [6, 6.07) is 0.228. The summed E-state index contributed by atoms with van der Waals surface area (Å²) in [6.07, 6.45) is 8.06. The zero-order valence-corrected chi connectivity index (χ0v) is 14.5. The molecule has 0 aliphatic heterocycles. The van der Waals surface area contributed by atoms with Gasteiger partial charge in [-0.2, -0.15) is 0 Å². The fraction of sp³-hybridized carbons (Fsp3) is 0.556. The van der Waals surface area contributed by atoms with Crippen LogP contribution in [0.15, 0.2) is 12.4 Å². The summed E-state index contributed by atoms with van der Waals surface area (Å²) in [7, 11) is 0. The predicted molar refractivity (Wildman–Crippen MR) is 95.5 cm³/mol. The summed E-state index contributed by atoms with van der Waals surface area (Å²) >= 11 is 6.34. The van der Waals surface area contributed by atoms with Gasteiger partial charge in [-0.15, -0.1) is 0 Å². The third-order valence-electron chi connectivity index (χ3n) is 6.47. The molecule has 4 aliphatic rings. The van der Waals surface area contributed by atoms with Crippen molar-refractivity contribution in [2.75, 3.05) is 5.32 Å². The Morgan fingerprint density at radius 3 is 2.72 bits per heavy atom. The van der Waals surface area contributed by atoms with Crippen LogP contribution in [-0.2, 0) is 0 Å². The Balaban J connectivity index is 1.57. The number of aromatic amines is 1. The number of halogens is 1. The number of amides is 1. The number of hydrogen-bond acceptors (Lipinski definition) is 4. The lowest BCUT2D eigenvalue weighted by molar-refractivity contribution is -0.129. The van der Waals surface area contributed by atoms with Crippen molar-refractivity contribution in [2.45, 2.75) is 43.7 Å². The van der Waals surface area contributed by atoms with Gasteiger partial charge in [0.25, 0.3) is 5.91 Å². The number of nitrogens with one attached hydrogen (secondary N) is 2. The highest BCUT2D eigenvalue weighted by Gasteiger charge is 2.54. The molecule has 0 spiro atoms. The van der Waals surface area contributed by atoms with Crippen LogP contribution in [-0.4, -0.2) is 32.6 Å². The average molecular weight is 361 g/mol. The lowest BCUT2D eigenvalue weighted by atomic mass is 9.52. The van der Waals surface area contributed by atoms with Crippen molar-refractivity contribution in [3.05, 3.63) is 23.0 Å². The topological polar surface area (TPSA) is 104 Å². The van der Waals surface area contributed by atoms with E-state index in [2.05, 4.69) is 15.3 Å². The number of carbonyl (C=O) groups excluding carboxylic acids is 1. The lowest BCUT2D eigenvalue weighted by Gasteiger charge is -2.58. The van der Waals surface area contributed by atoms with E-state index in [-0.39, 0.29) is 6.04 Å². The molecule has 5 atom stereocenters. The minimum absolute atomic E-state index is 0.228. The maximum atomic E-state index is 11.9. The van der Waals surface area contributed by atoms with E-state index in [1.807, 2.05) is 0 Å². The second kappa shape index (κ2) is 5.11. The molecule has 25 heavy (non-hydrogen) atoms. The highest BCUT2D eigenvalue weighted by Crippen LogP contribution is 2.56. The second-order valence-corrected chi connectivity index (χ2v) is 8.54. The number of rotatable bonds is 3. The maximum Gasteiger partial charge on any atom is 0.252 e. The number of aliphatic hydroxyl groups is 1. The number of carbonyl (C=O) groups is 1. The van der Waals surface area contributed by atoms with E-state index >= 15 is 0 Å². The summed E-state index contributed by atoms with van der Waals surface area (Å²) in [4.78, 5) is 19.2. The van der Waals surface area contributed by atoms with E-state index in [4.69, 9.17) is 17.3 Å². The van der Waals surface area contributed by atoms with Crippen molar-refractivity contribution in [3.63, 3.8) is 0 Å². The van der Waals surface area contributed by atoms with Crippen LogP contribution in [0, 0.1) is 17.8 Å². The van der Waals surface area contributed by atoms with Crippen LogP contribution in [0.3, 0.4) is 0 Å². The third kappa shape index (κ3) is 2.27. The van der Waals surface area contributed by atoms with Gasteiger partial charge in [-0.25, -0.2) is 4.98 Å². The molecule has 4 fully saturated rings. The minimum atomic E-state index is -0.517. The first-order valence-electron chi connectivity index (χ1n) is 8.88. The highest BCUT2D eigenvalue weighted by atomic mass is 35.5. The molecule has 4 aliphatic carbocycles. The first kappa shape index (κ1) is 15.5. The quantitative estimate of drug-likeness (QED) is 0.675. The molecule has 1 amide bonds. The van der Waals surface area contributed by atoms with Gasteiger partial charge in [0.2, 0.25) is 0 Å². The summed E-state index contributed by atoms with van der Waals surface area (Å²) in [5.41, 5.74) is 6.77. The van der Waals surface area contributed by atoms with Gasteiger partial charge in [0, 0.05) is 18.4 Å². The van der Waals surface area contributed by atoms with Crippen LogP contribution in [0.2, 0.25) is 5.02 Å². The molecule has 0 saturated heterocycles. The molecule has 5 N–H and O–H groups in total. The van der Waals surface area contributed by atoms with E-state index < -0.39 is 11.5 Å². The average Bonchev–Trinajstić information content (AvgIpc) is 2.90. The Labute approximate surface area is 150 Å². The molecule has 2 aromatic heterocycles. The summed E-state index contributed by atoms with van der Waals surface area (Å²) in [6.45, 7) is 0. The van der Waals surface area contributed by atoms with Crippen LogP contribution in [0.25, 0.3) is 11.0 Å². The molecular formula is C18H21ClN4O2. The summed E-state index contributed by atoms with van der Waals surface area (Å²) in [5.74, 6) is 0.942. The van der Waals surface area contributed by atoms with Crippen molar-refractivity contribution in [1.29, 1.82) is 0 Å². The molecule has 6 rings (SSSR count). The maximum absolute atomic E-state index is 11.9. The van der Waals surface area contributed by atoms with Crippen molar-refractivity contribution in [1.82, 2.24) is 9.97 Å². The molecule has 0 radical (unpaired) electrons. The number of nitrogens with two attached hydrogens (primary N) is 1. The summed E-state index contributed by atoms with van der Waals surface area (Å²) < 4.78 is 0. The number of anilines is 1. The number of pyridine rings is 1. The number of nitrogens with zero attached hydrogens (tertiary/aromatic N) is 1. The Morgan fingerprint density at radius 1 is 1.36 bits per heavy atom. The van der Waals surface area contributed by atoms with Gasteiger partial charge in [0.05, 0.1) is 27.3 Å². The van der Waals surface area contributed by atoms with Gasteiger partial charge in [0.15, 0.2) is 0 Å². The smallest absolute Gasteiger partial charge is 0.252 e. The standard InChI is InChI=1S/C18H21ClN4O2/c19-12-7-22-17-13(12)15(11(6-21-17)16(20)24)23-14-9-1-8-2-10(14)5-18(25,3-8)4-9/h6-10,14,25H,1-5H2,(H2,20,24)(H2,21,22,23)/t8?,9-,10+,14+,18-. The normalized spacial score (nSPS) is 36.1. The van der Waals surface area contributed by atoms with E-state index in [0.29, 0.717) is 45.1 Å². The molecule has 6 nitrogen and oxygen atoms in total. The number of primary amides is 1. The van der Waals surface area contributed by atoms with Crippen LogP contribution in [0.4, 0.5) is 5.69 Å². The number of hydrogen-bond donors (Lipinski definition) is 4. The molecular weight excluding hydrogens is 340 g/mol. The Hall–Kier alpha value is -1.79. The monoisotopic (exact) mass is 360 g/mol. The Kier molecular flexibility index (Phi) is 3.16. The summed E-state index contributed by atoms with van der Waals surface area (Å²) in [5, 5.41) is 15.6. The SMILES string of the molecule is NC(=O)c1cnc2[nH]cc(Cl)c2c1N[C@H]1[C@@H]2CC3C[C@H]1C[C@@](O)(C3)C2. The molecule has 2 heterocycles. The molecule has 4 bridgehead atoms. The van der Waals surface area contributed by atoms with Crippen molar-refractivity contribution in [2.24, 2.45) is 23.5 Å². The largest absolute Gasteiger partial charge is 0.390 e. The molecule has 4 saturated carbocycles. The Bertz CT molecular complexity index is 863. The first-order valence-corrected chi connectivity index (χ1v) is 9.25. The van der Waals surface area contributed by atoms with Gasteiger partial charge >= 0.3 is 0 Å². The zero-order valence-electron chi connectivity index (χ0n) is 13.8. The Morgan fingerprint density at radius 2 is 2.08 bits per heavy atom. The minimum Gasteiger partial charge on any atom is -0.390 e. The molecule has 1 unspecified atom stereocenters. The number of fused-ring (bicyclic) bond motifs is 1. The van der Waals surface area contributed by atoms with Crippen LogP contribution < -0.4 is 11.1 Å². The predicted octanol–water partition coefficient (Wildman–Crippen LogP) is 2.67. The van der Waals surface area contributed by atoms with Crippen LogP contribution in [0.1, 0.15) is 42.5 Å². The number of aromatic nitrogens is 2.